The van der Waals surface area contributed by atoms with Gasteiger partial charge < -0.3 is 19.1 Å². The largest absolute Gasteiger partial charge is 0.509 e. The molecule has 9 aromatic carbocycles. The second kappa shape index (κ2) is 22.1. The molecule has 0 bridgehead atoms. The van der Waals surface area contributed by atoms with Crippen LogP contribution in [0, 0.1) is 18.8 Å². The van der Waals surface area contributed by atoms with Crippen LogP contribution >= 0.6 is 0 Å². The summed E-state index contributed by atoms with van der Waals surface area (Å²) in [4.78, 5) is 9.74. The number of pyridine rings is 1. The first-order chi connectivity index (χ1) is 38.9. The first kappa shape index (κ1) is 55.9. The van der Waals surface area contributed by atoms with E-state index in [0.29, 0.717) is 23.3 Å². The Bertz CT molecular complexity index is 4090. The molecular weight excluding hydrogens is 1180 g/mol. The van der Waals surface area contributed by atoms with Crippen LogP contribution in [0.1, 0.15) is 127 Å². The topological polar surface area (TPSA) is 33.5 Å². The summed E-state index contributed by atoms with van der Waals surface area (Å²) in [7, 11) is 0. The molecule has 0 amide bonds. The molecule has 82 heavy (non-hydrogen) atoms. The van der Waals surface area contributed by atoms with Crippen molar-refractivity contribution in [3.8, 4) is 39.6 Å². The molecular formula is C76H71N4OPt-3. The molecule has 414 valence electrons. The van der Waals surface area contributed by atoms with Crippen molar-refractivity contribution in [2.45, 2.75) is 104 Å². The van der Waals surface area contributed by atoms with Crippen LogP contribution in [0.25, 0.3) is 49.9 Å². The first-order valence-corrected chi connectivity index (χ1v) is 28.6. The van der Waals surface area contributed by atoms with Gasteiger partial charge in [0.1, 0.15) is 5.82 Å². The second-order valence-electron chi connectivity index (χ2n) is 24.6. The maximum absolute atomic E-state index is 7.18. The summed E-state index contributed by atoms with van der Waals surface area (Å²) in [6.45, 7) is 27.5. The van der Waals surface area contributed by atoms with Crippen LogP contribution in [-0.2, 0) is 37.3 Å². The minimum absolute atomic E-state index is 0. The molecule has 0 fully saturated rings. The molecule has 6 heteroatoms. The molecule has 5 nitrogen and oxygen atoms in total. The van der Waals surface area contributed by atoms with Gasteiger partial charge in [0.05, 0.1) is 0 Å². The van der Waals surface area contributed by atoms with Gasteiger partial charge in [-0.1, -0.05) is 221 Å². The van der Waals surface area contributed by atoms with Crippen molar-refractivity contribution >= 4 is 44.6 Å². The number of ether oxygens (including phenoxy) is 1. The van der Waals surface area contributed by atoms with E-state index in [2.05, 4.69) is 310 Å². The van der Waals surface area contributed by atoms with Crippen molar-refractivity contribution < 1.29 is 25.8 Å². The van der Waals surface area contributed by atoms with Gasteiger partial charge in [-0.15, -0.1) is 53.6 Å². The number of benzene rings is 9. The molecule has 1 aliphatic heterocycles. The number of anilines is 4. The Labute approximate surface area is 500 Å². The van der Waals surface area contributed by atoms with E-state index in [0.717, 1.165) is 55.9 Å². The van der Waals surface area contributed by atoms with E-state index in [1.54, 1.807) is 0 Å². The molecule has 1 aliphatic rings. The Morgan fingerprint density at radius 3 is 1.76 bits per heavy atom. The average Bonchev–Trinajstić information content (AvgIpc) is 4.03. The molecule has 0 aliphatic carbocycles. The van der Waals surface area contributed by atoms with Crippen molar-refractivity contribution in [2.75, 3.05) is 9.80 Å². The Morgan fingerprint density at radius 2 is 1.10 bits per heavy atom. The summed E-state index contributed by atoms with van der Waals surface area (Å²) in [6.07, 6.45) is 1.93. The fraction of sp³-hybridized carbons (Fsp3) is 0.211. The summed E-state index contributed by atoms with van der Waals surface area (Å²) in [5.74, 6) is 2.66. The van der Waals surface area contributed by atoms with Crippen LogP contribution in [0.3, 0.4) is 0 Å². The molecule has 2 aromatic heterocycles. The molecule has 0 saturated carbocycles. The van der Waals surface area contributed by atoms with E-state index in [4.69, 9.17) is 9.72 Å². The Balaban J connectivity index is 0.00000705. The first-order valence-electron chi connectivity index (χ1n) is 28.6. The molecule has 0 radical (unpaired) electrons. The molecule has 0 atom stereocenters. The second-order valence-corrected chi connectivity index (χ2v) is 24.6. The summed E-state index contributed by atoms with van der Waals surface area (Å²) in [6, 6.07) is 82.4. The number of hydrogen-bond donors (Lipinski definition) is 0. The monoisotopic (exact) mass is 1250 g/mol. The predicted octanol–water partition coefficient (Wildman–Crippen LogP) is 20.5. The normalized spacial score (nSPS) is 12.8. The van der Waals surface area contributed by atoms with Gasteiger partial charge in [0, 0.05) is 66.8 Å². The molecule has 3 heterocycles. The number of hydrogen-bond acceptors (Lipinski definition) is 4. The molecule has 0 unspecified atom stereocenters. The maximum Gasteiger partial charge on any atom is 0.135 e. The third-order valence-corrected chi connectivity index (χ3v) is 16.8. The molecule has 0 spiro atoms. The number of nitrogens with zero attached hydrogens (tertiary/aromatic N) is 4. The fourth-order valence-corrected chi connectivity index (χ4v) is 11.9. The van der Waals surface area contributed by atoms with E-state index >= 15 is 0 Å². The van der Waals surface area contributed by atoms with Crippen molar-refractivity contribution in [3.05, 3.63) is 270 Å². The average molecular weight is 1250 g/mol. The minimum atomic E-state index is -0.425. The Hall–Kier alpha value is -7.98. The van der Waals surface area contributed by atoms with Crippen molar-refractivity contribution in [1.82, 2.24) is 9.55 Å². The summed E-state index contributed by atoms with van der Waals surface area (Å²) in [5.41, 5.74) is 18.7. The number of para-hydroxylation sites is 1. The summed E-state index contributed by atoms with van der Waals surface area (Å²) < 4.78 is 9.41. The van der Waals surface area contributed by atoms with Gasteiger partial charge in [-0.3, -0.25) is 0 Å². The number of fused-ring (bicyclic) bond motifs is 4. The maximum atomic E-state index is 7.18. The molecule has 0 N–H and O–H groups in total. The summed E-state index contributed by atoms with van der Waals surface area (Å²) >= 11 is 0. The minimum Gasteiger partial charge on any atom is -0.509 e. The van der Waals surface area contributed by atoms with Crippen LogP contribution < -0.4 is 14.5 Å². The Kier molecular flexibility index (Phi) is 15.0. The summed E-state index contributed by atoms with van der Waals surface area (Å²) in [5, 5.41) is 2.19. The van der Waals surface area contributed by atoms with Crippen LogP contribution in [0.5, 0.6) is 11.5 Å². The van der Waals surface area contributed by atoms with Crippen LogP contribution in [0.15, 0.2) is 212 Å². The number of rotatable bonds is 13. The van der Waals surface area contributed by atoms with Gasteiger partial charge in [-0.25, -0.2) is 4.98 Å². The van der Waals surface area contributed by atoms with Crippen LogP contribution in [0.2, 0.25) is 0 Å². The smallest absolute Gasteiger partial charge is 0.135 e. The third kappa shape index (κ3) is 10.4. The van der Waals surface area contributed by atoms with Gasteiger partial charge in [0.25, 0.3) is 0 Å². The molecule has 11 aromatic rings. The molecule has 12 rings (SSSR count). The van der Waals surface area contributed by atoms with E-state index < -0.39 is 5.41 Å². The van der Waals surface area contributed by atoms with Gasteiger partial charge in [0.15, 0.2) is 0 Å². The van der Waals surface area contributed by atoms with Crippen molar-refractivity contribution in [2.24, 2.45) is 0 Å². The van der Waals surface area contributed by atoms with Gasteiger partial charge in [0.2, 0.25) is 0 Å². The quantitative estimate of drug-likeness (QED) is 0.108. The fourth-order valence-electron chi connectivity index (χ4n) is 11.9. The third-order valence-electron chi connectivity index (χ3n) is 16.8. The van der Waals surface area contributed by atoms with Crippen molar-refractivity contribution in [3.63, 3.8) is 0 Å². The molecule has 0 saturated heterocycles. The Morgan fingerprint density at radius 1 is 0.463 bits per heavy atom. The standard InChI is InChI=1S/C76H71N4O.Pt/c1-50(2)64-31-23-32-65(51(3)4)73(64)53-34-37-69-71(42-53)79(49-78(69)60-41-54(52-24-15-12-16-25-52)40-58(43-60)74(5,6)7)61-44-59(76(10,11)56-28-19-14-20-29-56)45-63(47-61)81-62-35-36-67-66-30-21-22-33-68(66)80(70(67)48-62)72-46-57(38-39-77-72)75(8,9)55-26-17-13-18-27-55;/h12-46,49-51H,1-11H3;/q-3;. The van der Waals surface area contributed by atoms with Gasteiger partial charge in [-0.2, -0.15) is 6.07 Å². The predicted molar refractivity (Wildman–Crippen MR) is 339 cm³/mol. The zero-order valence-electron chi connectivity index (χ0n) is 49.0. The van der Waals surface area contributed by atoms with E-state index in [-0.39, 0.29) is 31.9 Å². The van der Waals surface area contributed by atoms with E-state index in [1.165, 1.54) is 55.6 Å². The SMILES string of the molecule is CC(C)c1cccc(C(C)C)c1-c1ccc2c(c1)N(c1[c-]c(Oc3[c-]c4c(cc3)c3ccccc3n4-c3cc(C(C)(C)c4ccccc4)ccn3)cc(C(C)(C)c3ccccc3)c1)[CH-]N2c1cc(-c2ccccc2)cc(C(C)(C)C)c1.[Pt]. The number of aromatic nitrogens is 2. The van der Waals surface area contributed by atoms with Crippen molar-refractivity contribution in [1.29, 1.82) is 0 Å². The van der Waals surface area contributed by atoms with Gasteiger partial charge in [-0.05, 0) is 126 Å². The zero-order chi connectivity index (χ0) is 56.4. The zero-order valence-corrected chi connectivity index (χ0v) is 51.2. The van der Waals surface area contributed by atoms with Crippen LogP contribution in [0.4, 0.5) is 22.7 Å². The van der Waals surface area contributed by atoms with Crippen LogP contribution in [-0.4, -0.2) is 9.55 Å². The van der Waals surface area contributed by atoms with E-state index in [9.17, 15) is 0 Å². The van der Waals surface area contributed by atoms with E-state index in [1.807, 2.05) is 12.3 Å². The van der Waals surface area contributed by atoms with Gasteiger partial charge >= 0.3 is 0 Å².